The highest BCUT2D eigenvalue weighted by Crippen LogP contribution is 2.14. The number of hydrogen-bond donors (Lipinski definition) is 1. The van der Waals surface area contributed by atoms with Gasteiger partial charge in [-0.1, -0.05) is 6.92 Å². The molecule has 18 heavy (non-hydrogen) atoms. The van der Waals surface area contributed by atoms with Gasteiger partial charge in [0.2, 0.25) is 11.8 Å². The van der Waals surface area contributed by atoms with Gasteiger partial charge in [-0.3, -0.25) is 0 Å². The topological polar surface area (TPSA) is 50.3 Å². The van der Waals surface area contributed by atoms with Crippen LogP contribution in [0.25, 0.3) is 0 Å². The van der Waals surface area contributed by atoms with Crippen LogP contribution in [0.4, 0.5) is 5.95 Å². The predicted molar refractivity (Wildman–Crippen MR) is 74.4 cm³/mol. The number of nitrogens with one attached hydrogen (secondary N) is 1. The quantitative estimate of drug-likeness (QED) is 0.712. The highest BCUT2D eigenvalue weighted by molar-refractivity contribution is 5.33. The van der Waals surface area contributed by atoms with Crippen molar-refractivity contribution in [3.63, 3.8) is 0 Å². The number of hydrogen-bond acceptors (Lipinski definition) is 5. The van der Waals surface area contributed by atoms with Crippen molar-refractivity contribution in [3.05, 3.63) is 11.8 Å². The van der Waals surface area contributed by atoms with Crippen LogP contribution in [-0.2, 0) is 0 Å². The average Bonchev–Trinajstić information content (AvgIpc) is 2.36. The lowest BCUT2D eigenvalue weighted by Crippen LogP contribution is -2.24. The SMILES string of the molecule is CCCOc1cc(C)nc(N(C)CCCNC)n1. The van der Waals surface area contributed by atoms with Gasteiger partial charge in [-0.05, 0) is 33.4 Å². The number of aryl methyl sites for hydroxylation is 1. The summed E-state index contributed by atoms with van der Waals surface area (Å²) in [5.41, 5.74) is 0.937. The van der Waals surface area contributed by atoms with E-state index >= 15 is 0 Å². The Balaban J connectivity index is 2.65. The summed E-state index contributed by atoms with van der Waals surface area (Å²) in [7, 11) is 3.97. The minimum atomic E-state index is 0.666. The van der Waals surface area contributed by atoms with E-state index in [2.05, 4.69) is 27.1 Å². The summed E-state index contributed by atoms with van der Waals surface area (Å²) < 4.78 is 5.56. The van der Waals surface area contributed by atoms with Crippen molar-refractivity contribution in [1.82, 2.24) is 15.3 Å². The third-order valence-electron chi connectivity index (χ3n) is 2.53. The van der Waals surface area contributed by atoms with Crippen LogP contribution in [0.3, 0.4) is 0 Å². The third-order valence-corrected chi connectivity index (χ3v) is 2.53. The highest BCUT2D eigenvalue weighted by Gasteiger charge is 2.07. The summed E-state index contributed by atoms with van der Waals surface area (Å²) in [5, 5.41) is 3.13. The van der Waals surface area contributed by atoms with Gasteiger partial charge in [0.05, 0.1) is 6.61 Å². The Morgan fingerprint density at radius 3 is 2.83 bits per heavy atom. The van der Waals surface area contributed by atoms with Crippen LogP contribution in [0.5, 0.6) is 5.88 Å². The van der Waals surface area contributed by atoms with Crippen molar-refractivity contribution >= 4 is 5.95 Å². The summed E-state index contributed by atoms with van der Waals surface area (Å²) in [6.07, 6.45) is 2.05. The fraction of sp³-hybridized carbons (Fsp3) is 0.692. The number of anilines is 1. The molecule has 0 atom stereocenters. The van der Waals surface area contributed by atoms with Gasteiger partial charge in [0, 0.05) is 25.4 Å². The van der Waals surface area contributed by atoms with E-state index in [4.69, 9.17) is 4.74 Å². The zero-order valence-corrected chi connectivity index (χ0v) is 11.9. The number of aromatic nitrogens is 2. The number of rotatable bonds is 8. The minimum absolute atomic E-state index is 0.666. The second kappa shape index (κ2) is 7.87. The molecule has 0 spiro atoms. The minimum Gasteiger partial charge on any atom is -0.478 e. The smallest absolute Gasteiger partial charge is 0.228 e. The summed E-state index contributed by atoms with van der Waals surface area (Å²) in [6, 6.07) is 1.88. The first-order valence-electron chi connectivity index (χ1n) is 6.51. The van der Waals surface area contributed by atoms with Crippen LogP contribution in [-0.4, -0.2) is 43.8 Å². The fourth-order valence-corrected chi connectivity index (χ4v) is 1.57. The van der Waals surface area contributed by atoms with Gasteiger partial charge < -0.3 is 15.0 Å². The maximum atomic E-state index is 5.56. The van der Waals surface area contributed by atoms with Gasteiger partial charge in [-0.15, -0.1) is 0 Å². The number of ether oxygens (including phenoxy) is 1. The first-order valence-corrected chi connectivity index (χ1v) is 6.51. The molecule has 0 aromatic carbocycles. The molecule has 1 N–H and O–H groups in total. The highest BCUT2D eigenvalue weighted by atomic mass is 16.5. The molecule has 0 aliphatic rings. The Bertz CT molecular complexity index is 357. The van der Waals surface area contributed by atoms with Gasteiger partial charge in [0.1, 0.15) is 0 Å². The molecule has 1 aromatic heterocycles. The molecule has 102 valence electrons. The summed E-state index contributed by atoms with van der Waals surface area (Å²) in [4.78, 5) is 10.9. The van der Waals surface area contributed by atoms with Crippen LogP contribution in [0.2, 0.25) is 0 Å². The molecular weight excluding hydrogens is 228 g/mol. The Kier molecular flexibility index (Phi) is 6.43. The maximum absolute atomic E-state index is 5.56. The van der Waals surface area contributed by atoms with Crippen LogP contribution < -0.4 is 15.0 Å². The summed E-state index contributed by atoms with van der Waals surface area (Å²) in [6.45, 7) is 6.66. The van der Waals surface area contributed by atoms with Crippen molar-refractivity contribution in [2.75, 3.05) is 38.7 Å². The molecule has 5 heteroatoms. The van der Waals surface area contributed by atoms with E-state index in [1.54, 1.807) is 0 Å². The zero-order valence-electron chi connectivity index (χ0n) is 11.9. The van der Waals surface area contributed by atoms with Gasteiger partial charge >= 0.3 is 0 Å². The molecule has 0 aliphatic carbocycles. The lowest BCUT2D eigenvalue weighted by molar-refractivity contribution is 0.304. The van der Waals surface area contributed by atoms with Crippen LogP contribution in [0, 0.1) is 6.92 Å². The second-order valence-electron chi connectivity index (χ2n) is 4.37. The Morgan fingerprint density at radius 1 is 1.39 bits per heavy atom. The molecule has 1 aromatic rings. The van der Waals surface area contributed by atoms with E-state index in [1.165, 1.54) is 0 Å². The van der Waals surface area contributed by atoms with Crippen molar-refractivity contribution < 1.29 is 4.74 Å². The second-order valence-corrected chi connectivity index (χ2v) is 4.37. The molecule has 0 bridgehead atoms. The lowest BCUT2D eigenvalue weighted by Gasteiger charge is -2.18. The zero-order chi connectivity index (χ0) is 13.4. The summed E-state index contributed by atoms with van der Waals surface area (Å²) in [5.74, 6) is 1.40. The van der Waals surface area contributed by atoms with Gasteiger partial charge in [0.25, 0.3) is 0 Å². The molecular formula is C13H24N4O. The molecule has 0 aliphatic heterocycles. The first-order chi connectivity index (χ1) is 8.67. The fourth-order valence-electron chi connectivity index (χ4n) is 1.57. The molecule has 0 fully saturated rings. The normalized spacial score (nSPS) is 10.4. The molecule has 0 saturated carbocycles. The third kappa shape index (κ3) is 4.87. The van der Waals surface area contributed by atoms with E-state index in [1.807, 2.05) is 27.1 Å². The average molecular weight is 252 g/mol. The largest absolute Gasteiger partial charge is 0.478 e. The molecule has 0 amide bonds. The van der Waals surface area contributed by atoms with Crippen LogP contribution in [0.1, 0.15) is 25.5 Å². The van der Waals surface area contributed by atoms with Gasteiger partial charge in [-0.25, -0.2) is 4.98 Å². The molecule has 1 rings (SSSR count). The maximum Gasteiger partial charge on any atom is 0.228 e. The van der Waals surface area contributed by atoms with Gasteiger partial charge in [-0.2, -0.15) is 4.98 Å². The molecule has 1 heterocycles. The van der Waals surface area contributed by atoms with E-state index < -0.39 is 0 Å². The molecule has 0 saturated heterocycles. The lowest BCUT2D eigenvalue weighted by atomic mass is 10.4. The van der Waals surface area contributed by atoms with E-state index in [0.29, 0.717) is 12.5 Å². The summed E-state index contributed by atoms with van der Waals surface area (Å²) >= 11 is 0. The molecule has 5 nitrogen and oxygen atoms in total. The van der Waals surface area contributed by atoms with E-state index in [9.17, 15) is 0 Å². The Hall–Kier alpha value is -1.36. The van der Waals surface area contributed by atoms with E-state index in [-0.39, 0.29) is 0 Å². The van der Waals surface area contributed by atoms with Crippen molar-refractivity contribution in [1.29, 1.82) is 0 Å². The Labute approximate surface area is 110 Å². The predicted octanol–water partition coefficient (Wildman–Crippen LogP) is 1.62. The standard InChI is InChI=1S/C13H24N4O/c1-5-9-18-12-10-11(2)15-13(16-12)17(4)8-6-7-14-3/h10,14H,5-9H2,1-4H3. The first kappa shape index (κ1) is 14.7. The number of nitrogens with zero attached hydrogens (tertiary/aromatic N) is 3. The monoisotopic (exact) mass is 252 g/mol. The van der Waals surface area contributed by atoms with E-state index in [0.717, 1.165) is 37.6 Å². The van der Waals surface area contributed by atoms with Gasteiger partial charge in [0.15, 0.2) is 0 Å². The van der Waals surface area contributed by atoms with Crippen molar-refractivity contribution in [2.45, 2.75) is 26.7 Å². The van der Waals surface area contributed by atoms with Crippen LogP contribution in [0.15, 0.2) is 6.07 Å². The van der Waals surface area contributed by atoms with Crippen molar-refractivity contribution in [3.8, 4) is 5.88 Å². The molecule has 0 radical (unpaired) electrons. The van der Waals surface area contributed by atoms with Crippen molar-refractivity contribution in [2.24, 2.45) is 0 Å². The Morgan fingerprint density at radius 2 is 2.17 bits per heavy atom. The molecule has 0 unspecified atom stereocenters. The van der Waals surface area contributed by atoms with Crippen LogP contribution >= 0.6 is 0 Å².